The summed E-state index contributed by atoms with van der Waals surface area (Å²) in [7, 11) is 0. The van der Waals surface area contributed by atoms with Gasteiger partial charge in [-0.25, -0.2) is 0 Å². The Kier molecular flexibility index (Phi) is 5.38. The Morgan fingerprint density at radius 2 is 1.69 bits per heavy atom. The molecule has 0 bridgehead atoms. The van der Waals surface area contributed by atoms with Crippen LogP contribution in [0.4, 0.5) is 18.9 Å². The maximum absolute atomic E-state index is 12.6. The molecule has 26 heavy (non-hydrogen) atoms. The molecule has 0 spiro atoms. The summed E-state index contributed by atoms with van der Waals surface area (Å²) in [6.45, 7) is 2.27. The number of hydrogen-bond acceptors (Lipinski definition) is 3. The van der Waals surface area contributed by atoms with Crippen LogP contribution in [-0.4, -0.2) is 48.6 Å². The van der Waals surface area contributed by atoms with Crippen molar-refractivity contribution in [3.63, 3.8) is 0 Å². The van der Waals surface area contributed by atoms with Gasteiger partial charge in [0.2, 0.25) is 5.91 Å². The third-order valence-corrected chi connectivity index (χ3v) is 4.93. The summed E-state index contributed by atoms with van der Waals surface area (Å²) in [6.07, 6.45) is -1.93. The van der Waals surface area contributed by atoms with Gasteiger partial charge in [0.1, 0.15) is 6.04 Å². The molecule has 1 atom stereocenters. The van der Waals surface area contributed by atoms with E-state index in [1.54, 1.807) is 0 Å². The van der Waals surface area contributed by atoms with Gasteiger partial charge in [-0.2, -0.15) is 13.2 Å². The molecule has 1 aromatic carbocycles. The number of nitrogens with one attached hydrogen (secondary N) is 1. The zero-order valence-electron chi connectivity index (χ0n) is 14.4. The van der Waals surface area contributed by atoms with E-state index in [2.05, 4.69) is 10.2 Å². The normalized spacial score (nSPS) is 20.5. The molecule has 0 aliphatic carbocycles. The number of anilines is 1. The highest BCUT2D eigenvalue weighted by molar-refractivity contribution is 5.90. The SMILES string of the molecule is O=C(NCc1ccc(N2CCCC2)cc1)C1CCCN1C(=O)C(F)(F)F. The lowest BCUT2D eigenvalue weighted by Crippen LogP contribution is -2.50. The van der Waals surface area contributed by atoms with Crippen LogP contribution in [0.2, 0.25) is 0 Å². The van der Waals surface area contributed by atoms with Crippen molar-refractivity contribution < 1.29 is 22.8 Å². The number of carbonyl (C=O) groups excluding carboxylic acids is 2. The maximum atomic E-state index is 12.6. The van der Waals surface area contributed by atoms with Gasteiger partial charge in [-0.05, 0) is 43.4 Å². The number of rotatable bonds is 4. The number of likely N-dealkylation sites (tertiary alicyclic amines) is 1. The molecular weight excluding hydrogens is 347 g/mol. The van der Waals surface area contributed by atoms with Crippen LogP contribution in [0.3, 0.4) is 0 Å². The molecule has 2 fully saturated rings. The second-order valence-corrected chi connectivity index (χ2v) is 6.73. The van der Waals surface area contributed by atoms with Gasteiger partial charge in [0, 0.05) is 31.9 Å². The Bertz CT molecular complexity index is 655. The highest BCUT2D eigenvalue weighted by Gasteiger charge is 2.47. The Labute approximate surface area is 150 Å². The highest BCUT2D eigenvalue weighted by Crippen LogP contribution is 2.26. The fourth-order valence-electron chi connectivity index (χ4n) is 3.55. The van der Waals surface area contributed by atoms with E-state index in [-0.39, 0.29) is 19.5 Å². The molecule has 2 amide bonds. The summed E-state index contributed by atoms with van der Waals surface area (Å²) in [5, 5.41) is 2.65. The molecule has 1 N–H and O–H groups in total. The van der Waals surface area contributed by atoms with Crippen molar-refractivity contribution in [2.24, 2.45) is 0 Å². The first-order chi connectivity index (χ1) is 12.4. The van der Waals surface area contributed by atoms with E-state index >= 15 is 0 Å². The maximum Gasteiger partial charge on any atom is 0.471 e. The van der Waals surface area contributed by atoms with Gasteiger partial charge in [0.05, 0.1) is 0 Å². The summed E-state index contributed by atoms with van der Waals surface area (Å²) >= 11 is 0. The Balaban J connectivity index is 1.55. The topological polar surface area (TPSA) is 52.7 Å². The lowest BCUT2D eigenvalue weighted by molar-refractivity contribution is -0.186. The Morgan fingerprint density at radius 1 is 1.04 bits per heavy atom. The number of nitrogens with zero attached hydrogens (tertiary/aromatic N) is 2. The monoisotopic (exact) mass is 369 g/mol. The van der Waals surface area contributed by atoms with Gasteiger partial charge in [-0.1, -0.05) is 12.1 Å². The second kappa shape index (κ2) is 7.55. The molecule has 3 rings (SSSR count). The first kappa shape index (κ1) is 18.5. The van der Waals surface area contributed by atoms with E-state index in [9.17, 15) is 22.8 Å². The van der Waals surface area contributed by atoms with Gasteiger partial charge in [0.25, 0.3) is 0 Å². The van der Waals surface area contributed by atoms with Crippen molar-refractivity contribution in [3.8, 4) is 0 Å². The molecule has 2 heterocycles. The number of hydrogen-bond donors (Lipinski definition) is 1. The van der Waals surface area contributed by atoms with Crippen LogP contribution in [0.25, 0.3) is 0 Å². The molecule has 1 unspecified atom stereocenters. The molecule has 0 saturated carbocycles. The molecular formula is C18H22F3N3O2. The lowest BCUT2D eigenvalue weighted by Gasteiger charge is -2.24. The summed E-state index contributed by atoms with van der Waals surface area (Å²) in [4.78, 5) is 26.6. The molecule has 2 aliphatic heterocycles. The molecule has 0 radical (unpaired) electrons. The molecule has 0 aromatic heterocycles. The average molecular weight is 369 g/mol. The second-order valence-electron chi connectivity index (χ2n) is 6.73. The van der Waals surface area contributed by atoms with E-state index in [0.29, 0.717) is 11.3 Å². The number of halogens is 3. The van der Waals surface area contributed by atoms with Crippen LogP contribution in [-0.2, 0) is 16.1 Å². The summed E-state index contributed by atoms with van der Waals surface area (Å²) in [5.41, 5.74) is 2.00. The smallest absolute Gasteiger partial charge is 0.372 e. The van der Waals surface area contributed by atoms with Crippen molar-refractivity contribution in [2.75, 3.05) is 24.5 Å². The number of carbonyl (C=O) groups is 2. The van der Waals surface area contributed by atoms with Gasteiger partial charge < -0.3 is 15.1 Å². The summed E-state index contributed by atoms with van der Waals surface area (Å²) < 4.78 is 37.9. The van der Waals surface area contributed by atoms with Crippen LogP contribution in [0.15, 0.2) is 24.3 Å². The van der Waals surface area contributed by atoms with Crippen LogP contribution in [0, 0.1) is 0 Å². The van der Waals surface area contributed by atoms with Gasteiger partial charge in [-0.3, -0.25) is 9.59 Å². The van der Waals surface area contributed by atoms with Crippen LogP contribution < -0.4 is 10.2 Å². The van der Waals surface area contributed by atoms with Crippen LogP contribution in [0.5, 0.6) is 0 Å². The standard InChI is InChI=1S/C18H22F3N3O2/c19-18(20,21)17(26)24-11-3-4-15(24)16(25)22-12-13-5-7-14(8-6-13)23-9-1-2-10-23/h5-8,15H,1-4,9-12H2,(H,22,25). The quantitative estimate of drug-likeness (QED) is 0.887. The minimum atomic E-state index is -4.95. The van der Waals surface area contributed by atoms with E-state index in [1.165, 1.54) is 12.8 Å². The van der Waals surface area contributed by atoms with Crippen molar-refractivity contribution in [2.45, 2.75) is 44.4 Å². The predicted molar refractivity (Wildman–Crippen MR) is 90.5 cm³/mol. The van der Waals surface area contributed by atoms with Crippen molar-refractivity contribution in [1.82, 2.24) is 10.2 Å². The molecule has 8 heteroatoms. The Hall–Kier alpha value is -2.25. The number of amides is 2. The fourth-order valence-corrected chi connectivity index (χ4v) is 3.55. The van der Waals surface area contributed by atoms with E-state index in [0.717, 1.165) is 24.3 Å². The lowest BCUT2D eigenvalue weighted by atomic mass is 10.1. The first-order valence-electron chi connectivity index (χ1n) is 8.85. The van der Waals surface area contributed by atoms with E-state index < -0.39 is 24.0 Å². The molecule has 1 aromatic rings. The largest absolute Gasteiger partial charge is 0.471 e. The Morgan fingerprint density at radius 3 is 2.31 bits per heavy atom. The predicted octanol–water partition coefficient (Wildman–Crippen LogP) is 2.46. The van der Waals surface area contributed by atoms with Crippen LogP contribution >= 0.6 is 0 Å². The van der Waals surface area contributed by atoms with Gasteiger partial charge >= 0.3 is 12.1 Å². The third kappa shape index (κ3) is 4.11. The minimum Gasteiger partial charge on any atom is -0.372 e. The zero-order chi connectivity index (χ0) is 18.7. The first-order valence-corrected chi connectivity index (χ1v) is 8.85. The molecule has 142 valence electrons. The molecule has 2 saturated heterocycles. The number of alkyl halides is 3. The van der Waals surface area contributed by atoms with Crippen LogP contribution in [0.1, 0.15) is 31.2 Å². The van der Waals surface area contributed by atoms with Crippen molar-refractivity contribution >= 4 is 17.5 Å². The van der Waals surface area contributed by atoms with Gasteiger partial charge in [0.15, 0.2) is 0 Å². The van der Waals surface area contributed by atoms with Crippen molar-refractivity contribution in [1.29, 1.82) is 0 Å². The van der Waals surface area contributed by atoms with Gasteiger partial charge in [-0.15, -0.1) is 0 Å². The average Bonchev–Trinajstić information content (AvgIpc) is 3.30. The zero-order valence-corrected chi connectivity index (χ0v) is 14.4. The van der Waals surface area contributed by atoms with E-state index in [1.807, 2.05) is 24.3 Å². The number of benzene rings is 1. The summed E-state index contributed by atoms with van der Waals surface area (Å²) in [6, 6.07) is 6.74. The molecule has 2 aliphatic rings. The van der Waals surface area contributed by atoms with Crippen molar-refractivity contribution in [3.05, 3.63) is 29.8 Å². The minimum absolute atomic E-state index is 0.0407. The summed E-state index contributed by atoms with van der Waals surface area (Å²) in [5.74, 6) is -2.48. The fraction of sp³-hybridized carbons (Fsp3) is 0.556. The third-order valence-electron chi connectivity index (χ3n) is 4.93. The highest BCUT2D eigenvalue weighted by atomic mass is 19.4. The van der Waals surface area contributed by atoms with E-state index in [4.69, 9.17) is 0 Å². The molecule has 5 nitrogen and oxygen atoms in total.